The van der Waals surface area contributed by atoms with E-state index in [1.807, 2.05) is 0 Å². The first-order valence-electron chi connectivity index (χ1n) is 1.78. The molecule has 1 aromatic rings. The van der Waals surface area contributed by atoms with Gasteiger partial charge in [-0.3, -0.25) is 0 Å². The van der Waals surface area contributed by atoms with E-state index in [-0.39, 0.29) is 23.0 Å². The summed E-state index contributed by atoms with van der Waals surface area (Å²) in [7, 11) is 1.66. The summed E-state index contributed by atoms with van der Waals surface area (Å²) in [5, 5.41) is 10.4. The number of hydrogen-bond donors (Lipinski definition) is 1. The van der Waals surface area contributed by atoms with Gasteiger partial charge in [-0.25, -0.2) is 0 Å². The van der Waals surface area contributed by atoms with Crippen LogP contribution in [0.1, 0.15) is 0 Å². The first-order chi connectivity index (χ1) is 3.29. The van der Waals surface area contributed by atoms with Gasteiger partial charge in [0.1, 0.15) is 0 Å². The molecule has 0 bridgehead atoms. The van der Waals surface area contributed by atoms with Crippen molar-refractivity contribution in [2.24, 2.45) is 7.05 Å². The maximum Gasteiger partial charge on any atom is 0.260 e. The molecule has 0 unspecified atom stereocenters. The van der Waals surface area contributed by atoms with Crippen LogP contribution in [0.2, 0.25) is 0 Å². The van der Waals surface area contributed by atoms with E-state index in [9.17, 15) is 0 Å². The first-order valence-corrected chi connectivity index (χ1v) is 1.78. The Balaban J connectivity index is 0.000000490. The van der Waals surface area contributed by atoms with Crippen LogP contribution >= 0.6 is 0 Å². The van der Waals surface area contributed by atoms with Gasteiger partial charge in [-0.2, -0.15) is 4.80 Å². The molecule has 0 saturated heterocycles. The second-order valence-corrected chi connectivity index (χ2v) is 1.14. The topological polar surface area (TPSA) is 69.6 Å². The van der Waals surface area contributed by atoms with Crippen LogP contribution in [0.15, 0.2) is 0 Å². The van der Waals surface area contributed by atoms with Gasteiger partial charge in [-0.15, -0.1) is 5.10 Å². The van der Waals surface area contributed by atoms with Crippen molar-refractivity contribution in [2.45, 2.75) is 0 Å². The second-order valence-electron chi connectivity index (χ2n) is 1.14. The molecule has 1 heterocycles. The molecule has 6 heteroatoms. The molecule has 0 aliphatic heterocycles. The fourth-order valence-electron chi connectivity index (χ4n) is 0.299. The number of anilines is 1. The van der Waals surface area contributed by atoms with E-state index in [0.717, 1.165) is 0 Å². The molecule has 1 aromatic heterocycles. The Morgan fingerprint density at radius 1 is 1.62 bits per heavy atom. The van der Waals surface area contributed by atoms with E-state index in [1.54, 1.807) is 7.05 Å². The zero-order chi connectivity index (χ0) is 5.28. The zero-order valence-corrected chi connectivity index (χ0v) is 5.11. The molecule has 8 heavy (non-hydrogen) atoms. The summed E-state index contributed by atoms with van der Waals surface area (Å²) in [6, 6.07) is 0. The number of nitrogen functional groups attached to an aromatic ring is 1. The van der Waals surface area contributed by atoms with Crippen LogP contribution in [0.25, 0.3) is 0 Å². The fourth-order valence-corrected chi connectivity index (χ4v) is 0.299. The van der Waals surface area contributed by atoms with Gasteiger partial charge < -0.3 is 5.73 Å². The molecular formula is C2H5CuN5. The van der Waals surface area contributed by atoms with Gasteiger partial charge in [-0.05, 0) is 5.21 Å². The Morgan fingerprint density at radius 3 is 2.38 bits per heavy atom. The van der Waals surface area contributed by atoms with E-state index in [0.29, 0.717) is 0 Å². The molecule has 0 saturated carbocycles. The smallest absolute Gasteiger partial charge is 0.260 e. The van der Waals surface area contributed by atoms with E-state index >= 15 is 0 Å². The molecule has 5 nitrogen and oxygen atoms in total. The van der Waals surface area contributed by atoms with Crippen LogP contribution in [0.4, 0.5) is 5.95 Å². The number of nitrogens with zero attached hydrogens (tertiary/aromatic N) is 4. The quantitative estimate of drug-likeness (QED) is 0.486. The SMILES string of the molecule is Cn1nnc(N)n1.[Cu]. The minimum absolute atomic E-state index is 0. The van der Waals surface area contributed by atoms with Gasteiger partial charge in [-0.1, -0.05) is 5.10 Å². The van der Waals surface area contributed by atoms with Crippen LogP contribution in [0.3, 0.4) is 0 Å². The van der Waals surface area contributed by atoms with Crippen molar-refractivity contribution in [1.29, 1.82) is 0 Å². The van der Waals surface area contributed by atoms with Gasteiger partial charge in [0.15, 0.2) is 0 Å². The summed E-state index contributed by atoms with van der Waals surface area (Å²) in [6.45, 7) is 0. The van der Waals surface area contributed by atoms with Crippen molar-refractivity contribution in [2.75, 3.05) is 5.73 Å². The van der Waals surface area contributed by atoms with Crippen molar-refractivity contribution < 1.29 is 17.1 Å². The normalized spacial score (nSPS) is 8.12. The molecular weight excluding hydrogens is 158 g/mol. The second kappa shape index (κ2) is 2.64. The monoisotopic (exact) mass is 162 g/mol. The fraction of sp³-hybridized carbons (Fsp3) is 0.500. The van der Waals surface area contributed by atoms with Gasteiger partial charge >= 0.3 is 0 Å². The third-order valence-electron chi connectivity index (χ3n) is 0.524. The Labute approximate surface area is 56.7 Å². The summed E-state index contributed by atoms with van der Waals surface area (Å²) in [5.74, 6) is 0.211. The summed E-state index contributed by atoms with van der Waals surface area (Å²) in [5.41, 5.74) is 5.07. The van der Waals surface area contributed by atoms with Crippen LogP contribution in [0.5, 0.6) is 0 Å². The number of rotatable bonds is 0. The van der Waals surface area contributed by atoms with E-state index in [1.165, 1.54) is 4.80 Å². The molecule has 0 atom stereocenters. The minimum Gasteiger partial charge on any atom is -0.365 e. The average Bonchev–Trinajstić information content (AvgIpc) is 1.87. The first kappa shape index (κ1) is 7.39. The van der Waals surface area contributed by atoms with Crippen molar-refractivity contribution in [3.63, 3.8) is 0 Å². The van der Waals surface area contributed by atoms with E-state index < -0.39 is 0 Å². The average molecular weight is 163 g/mol. The number of hydrogen-bond acceptors (Lipinski definition) is 4. The van der Waals surface area contributed by atoms with Crippen LogP contribution < -0.4 is 5.73 Å². The Bertz CT molecular complexity index is 143. The minimum atomic E-state index is 0. The molecule has 0 aliphatic rings. The summed E-state index contributed by atoms with van der Waals surface area (Å²) in [6.07, 6.45) is 0. The van der Waals surface area contributed by atoms with Gasteiger partial charge in [0.25, 0.3) is 5.95 Å². The molecule has 0 fully saturated rings. The number of nitrogens with two attached hydrogens (primary N) is 1. The predicted octanol–water partition coefficient (Wildman–Crippen LogP) is -1.21. The molecule has 0 aromatic carbocycles. The van der Waals surface area contributed by atoms with Crippen LogP contribution in [-0.2, 0) is 24.1 Å². The summed E-state index contributed by atoms with van der Waals surface area (Å²) >= 11 is 0. The van der Waals surface area contributed by atoms with Crippen molar-refractivity contribution in [1.82, 2.24) is 20.2 Å². The largest absolute Gasteiger partial charge is 0.365 e. The Hall–Kier alpha value is -0.611. The molecule has 0 amide bonds. The maximum atomic E-state index is 5.07. The molecule has 0 spiro atoms. The van der Waals surface area contributed by atoms with Gasteiger partial charge in [0, 0.05) is 17.1 Å². The van der Waals surface area contributed by atoms with Gasteiger partial charge in [0.2, 0.25) is 0 Å². The molecule has 2 N–H and O–H groups in total. The van der Waals surface area contributed by atoms with Crippen LogP contribution in [-0.4, -0.2) is 20.2 Å². The summed E-state index contributed by atoms with van der Waals surface area (Å²) in [4.78, 5) is 1.30. The van der Waals surface area contributed by atoms with E-state index in [4.69, 9.17) is 5.73 Å². The molecule has 0 aliphatic carbocycles. The molecule has 1 radical (unpaired) electrons. The predicted molar refractivity (Wildman–Crippen MR) is 23.2 cm³/mol. The Kier molecular flexibility index (Phi) is 2.44. The van der Waals surface area contributed by atoms with Crippen LogP contribution in [0, 0.1) is 0 Å². The molecule has 49 valence electrons. The standard InChI is InChI=1S/C2H5N5.Cu/c1-7-5-2(3)4-6-7;/h1H3,(H2,3,5);. The number of aryl methyl sites for hydroxylation is 1. The summed E-state index contributed by atoms with van der Waals surface area (Å²) < 4.78 is 0. The van der Waals surface area contributed by atoms with Crippen molar-refractivity contribution in [3.8, 4) is 0 Å². The maximum absolute atomic E-state index is 5.07. The van der Waals surface area contributed by atoms with Crippen molar-refractivity contribution >= 4 is 5.95 Å². The number of tetrazole rings is 1. The van der Waals surface area contributed by atoms with Crippen molar-refractivity contribution in [3.05, 3.63) is 0 Å². The number of aromatic nitrogens is 4. The third kappa shape index (κ3) is 1.48. The third-order valence-corrected chi connectivity index (χ3v) is 0.524. The van der Waals surface area contributed by atoms with E-state index in [2.05, 4.69) is 15.4 Å². The van der Waals surface area contributed by atoms with Gasteiger partial charge in [0.05, 0.1) is 7.05 Å². The Morgan fingerprint density at radius 2 is 2.25 bits per heavy atom. The molecule has 1 rings (SSSR count). The zero-order valence-electron chi connectivity index (χ0n) is 4.17.